The van der Waals surface area contributed by atoms with Gasteiger partial charge in [-0.3, -0.25) is 0 Å². The van der Waals surface area contributed by atoms with Gasteiger partial charge >= 0.3 is 0 Å². The summed E-state index contributed by atoms with van der Waals surface area (Å²) in [5.74, 6) is 0.766. The third-order valence-corrected chi connectivity index (χ3v) is 4.13. The van der Waals surface area contributed by atoms with Crippen molar-refractivity contribution >= 4 is 0 Å². The van der Waals surface area contributed by atoms with Crippen LogP contribution in [0.4, 0.5) is 0 Å². The van der Waals surface area contributed by atoms with Crippen LogP contribution < -0.4 is 0 Å². The second-order valence-electron chi connectivity index (χ2n) is 7.28. The summed E-state index contributed by atoms with van der Waals surface area (Å²) >= 11 is 0. The maximum absolute atomic E-state index is 5.55. The van der Waals surface area contributed by atoms with Crippen molar-refractivity contribution in [3.63, 3.8) is 0 Å². The van der Waals surface area contributed by atoms with Crippen molar-refractivity contribution in [2.45, 2.75) is 67.0 Å². The first-order valence-corrected chi connectivity index (χ1v) is 11.6. The standard InChI is InChI=1S/C24H46O7/c1-7-28-23(29-8-2)15-11-13-21(5)17-25-19-27-20-26-18-22(6)14-12-16-24(30-9-3)31-10-4/h11-12,15-16,21-24H,7-10,13-14,17-20H2,1-6H3. The average molecular weight is 447 g/mol. The van der Waals surface area contributed by atoms with E-state index in [-0.39, 0.29) is 26.2 Å². The smallest absolute Gasteiger partial charge is 0.176 e. The third kappa shape index (κ3) is 19.6. The fourth-order valence-electron chi connectivity index (χ4n) is 2.61. The zero-order valence-corrected chi connectivity index (χ0v) is 20.5. The Bertz CT molecular complexity index is 378. The van der Waals surface area contributed by atoms with Gasteiger partial charge in [0.2, 0.25) is 0 Å². The van der Waals surface area contributed by atoms with Crippen molar-refractivity contribution < 1.29 is 33.2 Å². The summed E-state index contributed by atoms with van der Waals surface area (Å²) in [6.45, 7) is 16.3. The molecule has 31 heavy (non-hydrogen) atoms. The second kappa shape index (κ2) is 22.4. The minimum Gasteiger partial charge on any atom is -0.355 e. The summed E-state index contributed by atoms with van der Waals surface area (Å²) in [6, 6.07) is 0. The Morgan fingerprint density at radius 2 is 0.903 bits per heavy atom. The molecular weight excluding hydrogens is 400 g/mol. The Hall–Kier alpha value is -0.800. The normalized spacial score (nSPS) is 14.5. The molecule has 0 saturated heterocycles. The summed E-state index contributed by atoms with van der Waals surface area (Å²) in [5.41, 5.74) is 0. The van der Waals surface area contributed by atoms with Gasteiger partial charge in [-0.05, 0) is 64.5 Å². The summed E-state index contributed by atoms with van der Waals surface area (Å²) < 4.78 is 38.4. The first kappa shape index (κ1) is 30.2. The highest BCUT2D eigenvalue weighted by molar-refractivity contribution is 4.87. The Morgan fingerprint density at radius 3 is 1.23 bits per heavy atom. The molecule has 0 N–H and O–H groups in total. The first-order chi connectivity index (χ1) is 15.1. The lowest BCUT2D eigenvalue weighted by molar-refractivity contribution is -0.138. The van der Waals surface area contributed by atoms with Crippen LogP contribution in [0.15, 0.2) is 24.3 Å². The summed E-state index contributed by atoms with van der Waals surface area (Å²) in [5, 5.41) is 0. The van der Waals surface area contributed by atoms with Crippen LogP contribution in [-0.4, -0.2) is 65.8 Å². The molecule has 0 saturated carbocycles. The van der Waals surface area contributed by atoms with Gasteiger partial charge in [-0.2, -0.15) is 0 Å². The fraction of sp³-hybridized carbons (Fsp3) is 0.833. The van der Waals surface area contributed by atoms with Gasteiger partial charge in [-0.25, -0.2) is 0 Å². The molecule has 7 heteroatoms. The van der Waals surface area contributed by atoms with E-state index < -0.39 is 0 Å². The van der Waals surface area contributed by atoms with Gasteiger partial charge in [0.1, 0.15) is 13.6 Å². The minimum absolute atomic E-state index is 0.229. The van der Waals surface area contributed by atoms with Crippen LogP contribution in [0.2, 0.25) is 0 Å². The van der Waals surface area contributed by atoms with E-state index in [0.717, 1.165) is 12.8 Å². The molecule has 2 atom stereocenters. The van der Waals surface area contributed by atoms with Gasteiger partial charge in [0, 0.05) is 26.4 Å². The molecule has 0 aromatic carbocycles. The van der Waals surface area contributed by atoms with Crippen molar-refractivity contribution in [3.05, 3.63) is 24.3 Å². The molecule has 0 bridgehead atoms. The molecule has 0 spiro atoms. The summed E-state index contributed by atoms with van der Waals surface area (Å²) in [6.07, 6.45) is 9.33. The van der Waals surface area contributed by atoms with Crippen molar-refractivity contribution in [2.75, 3.05) is 53.2 Å². The highest BCUT2D eigenvalue weighted by Crippen LogP contribution is 2.07. The van der Waals surface area contributed by atoms with Crippen molar-refractivity contribution in [1.82, 2.24) is 0 Å². The molecule has 0 radical (unpaired) electrons. The van der Waals surface area contributed by atoms with Gasteiger partial charge in [0.25, 0.3) is 0 Å². The molecule has 0 aromatic heterocycles. The Labute approximate surface area is 190 Å². The van der Waals surface area contributed by atoms with Crippen LogP contribution in [0.3, 0.4) is 0 Å². The van der Waals surface area contributed by atoms with E-state index >= 15 is 0 Å². The van der Waals surface area contributed by atoms with Gasteiger partial charge in [0.05, 0.1) is 13.2 Å². The predicted octanol–water partition coefficient (Wildman–Crippen LogP) is 4.91. The lowest BCUT2D eigenvalue weighted by Crippen LogP contribution is -2.15. The van der Waals surface area contributed by atoms with Gasteiger partial charge in [-0.15, -0.1) is 0 Å². The quantitative estimate of drug-likeness (QED) is 0.133. The molecule has 0 fully saturated rings. The van der Waals surface area contributed by atoms with Gasteiger partial charge in [-0.1, -0.05) is 26.0 Å². The molecule has 2 unspecified atom stereocenters. The Kier molecular flexibility index (Phi) is 21.8. The number of hydrogen-bond acceptors (Lipinski definition) is 7. The molecule has 0 amide bonds. The Balaban J connectivity index is 3.72. The molecule has 0 rings (SSSR count). The highest BCUT2D eigenvalue weighted by atomic mass is 16.7. The van der Waals surface area contributed by atoms with E-state index in [0.29, 0.717) is 51.5 Å². The summed E-state index contributed by atoms with van der Waals surface area (Å²) in [7, 11) is 0. The number of ether oxygens (including phenoxy) is 7. The van der Waals surface area contributed by atoms with Crippen molar-refractivity contribution in [3.8, 4) is 0 Å². The predicted molar refractivity (Wildman–Crippen MR) is 123 cm³/mol. The number of allylic oxidation sites excluding steroid dienone is 2. The van der Waals surface area contributed by atoms with E-state index in [9.17, 15) is 0 Å². The zero-order chi connectivity index (χ0) is 23.2. The van der Waals surface area contributed by atoms with E-state index in [1.165, 1.54) is 0 Å². The van der Waals surface area contributed by atoms with E-state index in [1.807, 2.05) is 39.8 Å². The topological polar surface area (TPSA) is 64.6 Å². The average Bonchev–Trinajstić information content (AvgIpc) is 2.73. The number of rotatable bonds is 22. The molecular formula is C24H46O7. The second-order valence-corrected chi connectivity index (χ2v) is 7.28. The monoisotopic (exact) mass is 446 g/mol. The van der Waals surface area contributed by atoms with Crippen LogP contribution >= 0.6 is 0 Å². The van der Waals surface area contributed by atoms with Gasteiger partial charge < -0.3 is 33.2 Å². The molecule has 0 aliphatic carbocycles. The van der Waals surface area contributed by atoms with Crippen molar-refractivity contribution in [1.29, 1.82) is 0 Å². The Morgan fingerprint density at radius 1 is 0.548 bits per heavy atom. The van der Waals surface area contributed by atoms with Crippen LogP contribution in [0, 0.1) is 11.8 Å². The molecule has 0 aromatic rings. The lowest BCUT2D eigenvalue weighted by atomic mass is 10.1. The van der Waals surface area contributed by atoms with Crippen LogP contribution in [0.25, 0.3) is 0 Å². The van der Waals surface area contributed by atoms with Crippen LogP contribution in [0.1, 0.15) is 54.4 Å². The number of hydrogen-bond donors (Lipinski definition) is 0. The lowest BCUT2D eigenvalue weighted by Gasteiger charge is -2.14. The van der Waals surface area contributed by atoms with E-state index in [2.05, 4.69) is 26.0 Å². The van der Waals surface area contributed by atoms with E-state index in [4.69, 9.17) is 33.2 Å². The van der Waals surface area contributed by atoms with Gasteiger partial charge in [0.15, 0.2) is 12.6 Å². The maximum atomic E-state index is 5.55. The van der Waals surface area contributed by atoms with E-state index in [1.54, 1.807) is 0 Å². The maximum Gasteiger partial charge on any atom is 0.176 e. The largest absolute Gasteiger partial charge is 0.355 e. The zero-order valence-electron chi connectivity index (χ0n) is 20.5. The minimum atomic E-state index is -0.266. The SMILES string of the molecule is CCOC(C=CCC(C)COCOCOCC(C)CC=CC(OCC)OCC)OCC. The van der Waals surface area contributed by atoms with Crippen LogP contribution in [0.5, 0.6) is 0 Å². The third-order valence-electron chi connectivity index (χ3n) is 4.13. The van der Waals surface area contributed by atoms with Crippen LogP contribution in [-0.2, 0) is 33.2 Å². The highest BCUT2D eigenvalue weighted by Gasteiger charge is 2.05. The molecule has 0 aliphatic rings. The molecule has 0 aliphatic heterocycles. The molecule has 0 heterocycles. The van der Waals surface area contributed by atoms with Crippen molar-refractivity contribution in [2.24, 2.45) is 11.8 Å². The first-order valence-electron chi connectivity index (χ1n) is 11.6. The fourth-order valence-corrected chi connectivity index (χ4v) is 2.61. The summed E-state index contributed by atoms with van der Waals surface area (Å²) in [4.78, 5) is 0. The molecule has 184 valence electrons. The molecule has 7 nitrogen and oxygen atoms in total.